The smallest absolute Gasteiger partial charge is 0.220 e. The van der Waals surface area contributed by atoms with Crippen molar-refractivity contribution in [2.24, 2.45) is 5.92 Å². The van der Waals surface area contributed by atoms with Gasteiger partial charge in [-0.2, -0.15) is 0 Å². The molecule has 3 rings (SSSR count). The van der Waals surface area contributed by atoms with Crippen molar-refractivity contribution in [3.8, 4) is 11.5 Å². The molecule has 0 aromatic heterocycles. The Hall–Kier alpha value is -1.46. The number of benzene rings is 1. The lowest BCUT2D eigenvalue weighted by atomic mass is 10.0. The van der Waals surface area contributed by atoms with E-state index in [2.05, 4.69) is 10.6 Å². The summed E-state index contributed by atoms with van der Waals surface area (Å²) >= 11 is 0. The van der Waals surface area contributed by atoms with Crippen molar-refractivity contribution in [1.82, 2.24) is 10.6 Å². The van der Waals surface area contributed by atoms with Crippen LogP contribution < -0.4 is 20.1 Å². The van der Waals surface area contributed by atoms with Gasteiger partial charge in [-0.3, -0.25) is 4.79 Å². The van der Waals surface area contributed by atoms with Crippen LogP contribution in [0.3, 0.4) is 0 Å². The van der Waals surface area contributed by atoms with Crippen LogP contribution in [0.2, 0.25) is 0 Å². The van der Waals surface area contributed by atoms with E-state index in [1.165, 1.54) is 6.42 Å². The number of fused-ring (bicyclic) bond motifs is 1. The van der Waals surface area contributed by atoms with E-state index in [1.807, 2.05) is 25.1 Å². The Balaban J connectivity index is 0.00000192. The largest absolute Gasteiger partial charge is 0.486 e. The van der Waals surface area contributed by atoms with Crippen LogP contribution in [-0.2, 0) is 4.79 Å². The Morgan fingerprint density at radius 1 is 1.35 bits per heavy atom. The van der Waals surface area contributed by atoms with Crippen LogP contribution in [0.1, 0.15) is 37.8 Å². The summed E-state index contributed by atoms with van der Waals surface area (Å²) in [6, 6.07) is 5.83. The van der Waals surface area contributed by atoms with Crippen molar-refractivity contribution in [2.75, 3.05) is 26.3 Å². The SMILES string of the molecule is CC(NC(=O)CCC1CCNC1)c1ccc2c(c1)OCCO2.Cl. The first kappa shape index (κ1) is 17.9. The standard InChI is InChI=1S/C17H24N2O3.ClH/c1-12(19-17(20)5-2-13-6-7-18-11-13)14-3-4-15-16(10-14)22-9-8-21-15;/h3-4,10,12-13,18H,2,5-9,11H2,1H3,(H,19,20);1H. The van der Waals surface area contributed by atoms with Crippen LogP contribution >= 0.6 is 12.4 Å². The van der Waals surface area contributed by atoms with Gasteiger partial charge in [0, 0.05) is 6.42 Å². The third-order valence-corrected chi connectivity index (χ3v) is 4.39. The van der Waals surface area contributed by atoms with E-state index in [9.17, 15) is 4.79 Å². The van der Waals surface area contributed by atoms with Crippen molar-refractivity contribution >= 4 is 18.3 Å². The minimum absolute atomic E-state index is 0. The zero-order valence-electron chi connectivity index (χ0n) is 13.5. The van der Waals surface area contributed by atoms with Crippen LogP contribution in [-0.4, -0.2) is 32.2 Å². The molecule has 23 heavy (non-hydrogen) atoms. The van der Waals surface area contributed by atoms with Gasteiger partial charge in [0.2, 0.25) is 5.91 Å². The van der Waals surface area contributed by atoms with Gasteiger partial charge in [0.05, 0.1) is 6.04 Å². The molecule has 1 aromatic rings. The van der Waals surface area contributed by atoms with Crippen molar-refractivity contribution < 1.29 is 14.3 Å². The zero-order valence-corrected chi connectivity index (χ0v) is 14.3. The molecule has 0 bridgehead atoms. The minimum atomic E-state index is -0.0231. The first-order valence-electron chi connectivity index (χ1n) is 8.12. The molecule has 6 heteroatoms. The summed E-state index contributed by atoms with van der Waals surface area (Å²) in [7, 11) is 0. The molecule has 1 fully saturated rings. The average Bonchev–Trinajstić information content (AvgIpc) is 3.06. The molecule has 2 atom stereocenters. The molecule has 2 aliphatic heterocycles. The van der Waals surface area contributed by atoms with Gasteiger partial charge in [0.15, 0.2) is 11.5 Å². The van der Waals surface area contributed by atoms with Crippen molar-refractivity contribution in [3.05, 3.63) is 23.8 Å². The minimum Gasteiger partial charge on any atom is -0.486 e. The van der Waals surface area contributed by atoms with Gasteiger partial charge in [0.25, 0.3) is 0 Å². The monoisotopic (exact) mass is 340 g/mol. The highest BCUT2D eigenvalue weighted by Crippen LogP contribution is 2.32. The van der Waals surface area contributed by atoms with Gasteiger partial charge in [-0.15, -0.1) is 12.4 Å². The fourth-order valence-electron chi connectivity index (χ4n) is 3.02. The predicted octanol–water partition coefficient (Wildman–Crippen LogP) is 2.45. The number of nitrogens with one attached hydrogen (secondary N) is 2. The third-order valence-electron chi connectivity index (χ3n) is 4.39. The molecule has 2 N–H and O–H groups in total. The summed E-state index contributed by atoms with van der Waals surface area (Å²) in [6.07, 6.45) is 2.75. The highest BCUT2D eigenvalue weighted by molar-refractivity contribution is 5.85. The number of halogens is 1. The molecule has 0 spiro atoms. The molecular weight excluding hydrogens is 316 g/mol. The van der Waals surface area contributed by atoms with E-state index in [1.54, 1.807) is 0 Å². The second kappa shape index (κ2) is 8.41. The molecule has 1 amide bonds. The number of ether oxygens (including phenoxy) is 2. The summed E-state index contributed by atoms with van der Waals surface area (Å²) in [6.45, 7) is 5.30. The molecule has 1 saturated heterocycles. The molecule has 0 aliphatic carbocycles. The Bertz CT molecular complexity index is 533. The highest BCUT2D eigenvalue weighted by atomic mass is 35.5. The first-order chi connectivity index (χ1) is 10.7. The number of carbonyl (C=O) groups is 1. The van der Waals surface area contributed by atoms with E-state index < -0.39 is 0 Å². The lowest BCUT2D eigenvalue weighted by Crippen LogP contribution is -2.27. The Morgan fingerprint density at radius 3 is 2.87 bits per heavy atom. The molecular formula is C17H25ClN2O3. The fourth-order valence-corrected chi connectivity index (χ4v) is 3.02. The number of amides is 1. The molecule has 128 valence electrons. The van der Waals surface area contributed by atoms with Gasteiger partial charge in [-0.25, -0.2) is 0 Å². The molecule has 2 unspecified atom stereocenters. The number of carbonyl (C=O) groups excluding carboxylic acids is 1. The molecule has 5 nitrogen and oxygen atoms in total. The van der Waals surface area contributed by atoms with Gasteiger partial charge >= 0.3 is 0 Å². The van der Waals surface area contributed by atoms with Crippen LogP contribution in [0.4, 0.5) is 0 Å². The van der Waals surface area contributed by atoms with Crippen molar-refractivity contribution in [2.45, 2.75) is 32.2 Å². The van der Waals surface area contributed by atoms with Gasteiger partial charge in [-0.1, -0.05) is 6.07 Å². The van der Waals surface area contributed by atoms with Gasteiger partial charge in [0.1, 0.15) is 13.2 Å². The second-order valence-corrected chi connectivity index (χ2v) is 6.09. The fraction of sp³-hybridized carbons (Fsp3) is 0.588. The van der Waals surface area contributed by atoms with Crippen LogP contribution in [0.25, 0.3) is 0 Å². The van der Waals surface area contributed by atoms with E-state index >= 15 is 0 Å². The van der Waals surface area contributed by atoms with Crippen LogP contribution in [0.5, 0.6) is 11.5 Å². The Morgan fingerprint density at radius 2 is 2.13 bits per heavy atom. The van der Waals surface area contributed by atoms with Crippen LogP contribution in [0, 0.1) is 5.92 Å². The topological polar surface area (TPSA) is 59.6 Å². The van der Waals surface area contributed by atoms with E-state index in [4.69, 9.17) is 9.47 Å². The Labute approximate surface area is 143 Å². The zero-order chi connectivity index (χ0) is 15.4. The maximum absolute atomic E-state index is 12.1. The maximum atomic E-state index is 12.1. The summed E-state index contributed by atoms with van der Waals surface area (Å²) in [5.41, 5.74) is 1.04. The normalized spacial score (nSPS) is 20.5. The van der Waals surface area contributed by atoms with E-state index in [0.717, 1.165) is 36.6 Å². The number of hydrogen-bond donors (Lipinski definition) is 2. The quantitative estimate of drug-likeness (QED) is 0.864. The molecule has 1 aromatic carbocycles. The average molecular weight is 341 g/mol. The molecule has 0 radical (unpaired) electrons. The van der Waals surface area contributed by atoms with Crippen LogP contribution in [0.15, 0.2) is 18.2 Å². The highest BCUT2D eigenvalue weighted by Gasteiger charge is 2.18. The predicted molar refractivity (Wildman–Crippen MR) is 91.4 cm³/mol. The maximum Gasteiger partial charge on any atom is 0.220 e. The van der Waals surface area contributed by atoms with Gasteiger partial charge < -0.3 is 20.1 Å². The lowest BCUT2D eigenvalue weighted by Gasteiger charge is -2.21. The number of hydrogen-bond acceptors (Lipinski definition) is 4. The summed E-state index contributed by atoms with van der Waals surface area (Å²) in [4.78, 5) is 12.1. The van der Waals surface area contributed by atoms with Gasteiger partial charge in [-0.05, 0) is 56.5 Å². The van der Waals surface area contributed by atoms with E-state index in [-0.39, 0.29) is 24.4 Å². The van der Waals surface area contributed by atoms with Crippen molar-refractivity contribution in [3.63, 3.8) is 0 Å². The number of rotatable bonds is 5. The third kappa shape index (κ3) is 4.75. The first-order valence-corrected chi connectivity index (χ1v) is 8.12. The Kier molecular flexibility index (Phi) is 6.54. The molecule has 2 aliphatic rings. The summed E-state index contributed by atoms with van der Waals surface area (Å²) < 4.78 is 11.1. The summed E-state index contributed by atoms with van der Waals surface area (Å²) in [5.74, 6) is 2.31. The summed E-state index contributed by atoms with van der Waals surface area (Å²) in [5, 5.41) is 6.41. The molecule has 2 heterocycles. The lowest BCUT2D eigenvalue weighted by molar-refractivity contribution is -0.122. The second-order valence-electron chi connectivity index (χ2n) is 6.09. The molecule has 0 saturated carbocycles. The van der Waals surface area contributed by atoms with Crippen molar-refractivity contribution in [1.29, 1.82) is 0 Å². The van der Waals surface area contributed by atoms with E-state index in [0.29, 0.717) is 25.6 Å².